The van der Waals surface area contributed by atoms with Crippen LogP contribution in [0, 0.1) is 5.82 Å². The van der Waals surface area contributed by atoms with Crippen LogP contribution in [0.25, 0.3) is 0 Å². The van der Waals surface area contributed by atoms with E-state index in [-0.39, 0.29) is 11.9 Å². The minimum atomic E-state index is -0.304. The average molecular weight is 308 g/mol. The first-order chi connectivity index (χ1) is 10.2. The lowest BCUT2D eigenvalue weighted by Gasteiger charge is -2.26. The number of para-hydroxylation sites is 2. The normalized spacial score (nSPS) is 16.8. The lowest BCUT2D eigenvalue weighted by molar-refractivity contribution is 0.0901. The molecule has 0 fully saturated rings. The molecular formula is C16H15ClFNO2. The zero-order valence-electron chi connectivity index (χ0n) is 11.3. The Bertz CT molecular complexity index is 615. The van der Waals surface area contributed by atoms with Crippen LogP contribution in [0.1, 0.15) is 5.56 Å². The highest BCUT2D eigenvalue weighted by atomic mass is 35.5. The second-order valence-electron chi connectivity index (χ2n) is 4.83. The molecule has 21 heavy (non-hydrogen) atoms. The van der Waals surface area contributed by atoms with Gasteiger partial charge in [-0.2, -0.15) is 0 Å². The van der Waals surface area contributed by atoms with E-state index in [2.05, 4.69) is 5.32 Å². The summed E-state index contributed by atoms with van der Waals surface area (Å²) in [5.74, 6) is 1.19. The molecule has 0 bridgehead atoms. The van der Waals surface area contributed by atoms with Crippen molar-refractivity contribution in [3.05, 3.63) is 58.9 Å². The van der Waals surface area contributed by atoms with E-state index < -0.39 is 0 Å². The maximum absolute atomic E-state index is 13.6. The Morgan fingerprint density at radius 2 is 1.95 bits per heavy atom. The molecule has 0 spiro atoms. The van der Waals surface area contributed by atoms with Gasteiger partial charge in [0.05, 0.1) is 0 Å². The molecule has 1 N–H and O–H groups in total. The largest absolute Gasteiger partial charge is 0.486 e. The third-order valence-corrected chi connectivity index (χ3v) is 3.66. The van der Waals surface area contributed by atoms with Crippen LogP contribution in [-0.2, 0) is 6.54 Å². The summed E-state index contributed by atoms with van der Waals surface area (Å²) in [7, 11) is 0. The van der Waals surface area contributed by atoms with Crippen molar-refractivity contribution in [1.82, 2.24) is 5.32 Å². The van der Waals surface area contributed by atoms with Gasteiger partial charge in [0, 0.05) is 23.7 Å². The van der Waals surface area contributed by atoms with Gasteiger partial charge in [-0.25, -0.2) is 4.39 Å². The van der Waals surface area contributed by atoms with Crippen molar-refractivity contribution >= 4 is 11.6 Å². The fraction of sp³-hybridized carbons (Fsp3) is 0.250. The van der Waals surface area contributed by atoms with Crippen molar-refractivity contribution < 1.29 is 13.9 Å². The number of hydrogen-bond donors (Lipinski definition) is 1. The predicted octanol–water partition coefficient (Wildman–Crippen LogP) is 3.41. The third-order valence-electron chi connectivity index (χ3n) is 3.30. The van der Waals surface area contributed by atoms with Gasteiger partial charge in [-0.3, -0.25) is 0 Å². The molecule has 0 amide bonds. The molecule has 1 aliphatic rings. The van der Waals surface area contributed by atoms with Crippen molar-refractivity contribution in [2.24, 2.45) is 0 Å². The molecule has 5 heteroatoms. The highest BCUT2D eigenvalue weighted by molar-refractivity contribution is 6.31. The van der Waals surface area contributed by atoms with Gasteiger partial charge in [-0.05, 0) is 24.3 Å². The van der Waals surface area contributed by atoms with Crippen LogP contribution in [0.15, 0.2) is 42.5 Å². The highest BCUT2D eigenvalue weighted by Crippen LogP contribution is 2.30. The van der Waals surface area contributed by atoms with Crippen molar-refractivity contribution in [2.45, 2.75) is 12.6 Å². The standard InChI is InChI=1S/C16H15ClFNO2/c17-13-4-3-5-14(18)12(13)9-19-8-11-10-20-15-6-1-2-7-16(15)21-11/h1-7,11,19H,8-10H2. The van der Waals surface area contributed by atoms with E-state index in [0.717, 1.165) is 11.5 Å². The fourth-order valence-electron chi connectivity index (χ4n) is 2.22. The molecule has 0 saturated heterocycles. The summed E-state index contributed by atoms with van der Waals surface area (Å²) in [6, 6.07) is 12.2. The SMILES string of the molecule is Fc1cccc(Cl)c1CNCC1COc2ccccc2O1. The molecule has 0 radical (unpaired) electrons. The molecule has 110 valence electrons. The van der Waals surface area contributed by atoms with E-state index in [1.54, 1.807) is 12.1 Å². The van der Waals surface area contributed by atoms with Gasteiger partial charge in [0.15, 0.2) is 11.5 Å². The molecule has 1 heterocycles. The molecule has 1 atom stereocenters. The second kappa shape index (κ2) is 6.33. The van der Waals surface area contributed by atoms with Crippen LogP contribution < -0.4 is 14.8 Å². The van der Waals surface area contributed by atoms with Crippen LogP contribution in [0.3, 0.4) is 0 Å². The van der Waals surface area contributed by atoms with Gasteiger partial charge < -0.3 is 14.8 Å². The summed E-state index contributed by atoms with van der Waals surface area (Å²) in [6.45, 7) is 1.38. The Morgan fingerprint density at radius 3 is 2.76 bits per heavy atom. The van der Waals surface area contributed by atoms with Crippen molar-refractivity contribution in [3.63, 3.8) is 0 Å². The Kier molecular flexibility index (Phi) is 4.27. The summed E-state index contributed by atoms with van der Waals surface area (Å²) in [6.07, 6.45) is -0.106. The minimum absolute atomic E-state index is 0.106. The van der Waals surface area contributed by atoms with Crippen LogP contribution >= 0.6 is 11.6 Å². The number of halogens is 2. The smallest absolute Gasteiger partial charge is 0.161 e. The van der Waals surface area contributed by atoms with Gasteiger partial charge in [0.25, 0.3) is 0 Å². The molecule has 0 saturated carbocycles. The van der Waals surface area contributed by atoms with E-state index in [4.69, 9.17) is 21.1 Å². The maximum atomic E-state index is 13.6. The zero-order chi connectivity index (χ0) is 14.7. The summed E-state index contributed by atoms with van der Waals surface area (Å²) in [4.78, 5) is 0. The maximum Gasteiger partial charge on any atom is 0.161 e. The van der Waals surface area contributed by atoms with Crippen LogP contribution in [0.2, 0.25) is 5.02 Å². The summed E-state index contributed by atoms with van der Waals surface area (Å²) in [5, 5.41) is 3.58. The number of nitrogens with one attached hydrogen (secondary N) is 1. The highest BCUT2D eigenvalue weighted by Gasteiger charge is 2.20. The van der Waals surface area contributed by atoms with Gasteiger partial charge in [-0.15, -0.1) is 0 Å². The molecule has 2 aromatic carbocycles. The fourth-order valence-corrected chi connectivity index (χ4v) is 2.45. The molecule has 0 aromatic heterocycles. The Morgan fingerprint density at radius 1 is 1.14 bits per heavy atom. The van der Waals surface area contributed by atoms with E-state index in [1.807, 2.05) is 24.3 Å². The van der Waals surface area contributed by atoms with Crippen molar-refractivity contribution in [1.29, 1.82) is 0 Å². The number of hydrogen-bond acceptors (Lipinski definition) is 3. The van der Waals surface area contributed by atoms with Crippen LogP contribution in [0.5, 0.6) is 11.5 Å². The molecule has 0 aliphatic carbocycles. The van der Waals surface area contributed by atoms with Gasteiger partial charge in [0.1, 0.15) is 18.5 Å². The Balaban J connectivity index is 1.55. The summed E-state index contributed by atoms with van der Waals surface area (Å²) >= 11 is 5.98. The monoisotopic (exact) mass is 307 g/mol. The average Bonchev–Trinajstić information content (AvgIpc) is 2.50. The minimum Gasteiger partial charge on any atom is -0.486 e. The number of rotatable bonds is 4. The van der Waals surface area contributed by atoms with Gasteiger partial charge in [0.2, 0.25) is 0 Å². The van der Waals surface area contributed by atoms with E-state index >= 15 is 0 Å². The molecule has 3 nitrogen and oxygen atoms in total. The summed E-state index contributed by atoms with van der Waals surface area (Å²) in [5.41, 5.74) is 0.469. The predicted molar refractivity (Wildman–Crippen MR) is 79.5 cm³/mol. The van der Waals surface area contributed by atoms with Crippen LogP contribution in [-0.4, -0.2) is 19.3 Å². The third kappa shape index (κ3) is 3.28. The van der Waals surface area contributed by atoms with E-state index in [0.29, 0.717) is 30.3 Å². The van der Waals surface area contributed by atoms with Crippen molar-refractivity contribution in [3.8, 4) is 11.5 Å². The van der Waals surface area contributed by atoms with Crippen LogP contribution in [0.4, 0.5) is 4.39 Å². The first-order valence-electron chi connectivity index (χ1n) is 6.76. The molecule has 3 rings (SSSR count). The van der Waals surface area contributed by atoms with E-state index in [1.165, 1.54) is 6.07 Å². The molecule has 2 aromatic rings. The van der Waals surface area contributed by atoms with Crippen molar-refractivity contribution in [2.75, 3.05) is 13.2 Å². The molecular weight excluding hydrogens is 293 g/mol. The van der Waals surface area contributed by atoms with E-state index in [9.17, 15) is 4.39 Å². The molecule has 1 aliphatic heterocycles. The lowest BCUT2D eigenvalue weighted by atomic mass is 10.2. The zero-order valence-corrected chi connectivity index (χ0v) is 12.1. The van der Waals surface area contributed by atoms with Gasteiger partial charge in [-0.1, -0.05) is 29.8 Å². The van der Waals surface area contributed by atoms with Gasteiger partial charge >= 0.3 is 0 Å². The molecule has 1 unspecified atom stereocenters. The second-order valence-corrected chi connectivity index (χ2v) is 5.24. The Hall–Kier alpha value is -1.78. The Labute approximate surface area is 127 Å². The lowest BCUT2D eigenvalue weighted by Crippen LogP contribution is -2.38. The first kappa shape index (κ1) is 14.2. The quantitative estimate of drug-likeness (QED) is 0.939. The summed E-state index contributed by atoms with van der Waals surface area (Å²) < 4.78 is 25.1. The number of ether oxygens (including phenoxy) is 2. The first-order valence-corrected chi connectivity index (χ1v) is 7.14. The number of fused-ring (bicyclic) bond motifs is 1. The topological polar surface area (TPSA) is 30.5 Å². The number of benzene rings is 2.